The van der Waals surface area contributed by atoms with Crippen molar-refractivity contribution in [1.29, 1.82) is 0 Å². The second-order valence-corrected chi connectivity index (χ2v) is 5.64. The summed E-state index contributed by atoms with van der Waals surface area (Å²) in [4.78, 5) is 0. The van der Waals surface area contributed by atoms with E-state index in [2.05, 4.69) is 30.3 Å². The van der Waals surface area contributed by atoms with Crippen molar-refractivity contribution in [2.75, 3.05) is 0 Å². The van der Waals surface area contributed by atoms with Crippen molar-refractivity contribution in [2.45, 2.75) is 50.1 Å². The van der Waals surface area contributed by atoms with Gasteiger partial charge in [0.15, 0.2) is 6.29 Å². The molecule has 3 fully saturated rings. The molecule has 4 rings (SSSR count). The normalized spacial score (nSPS) is 42.9. The molecule has 2 bridgehead atoms. The minimum absolute atomic E-state index is 0.0699. The monoisotopic (exact) mass is 230 g/mol. The fraction of sp³-hybridized carbons (Fsp3) is 0.600. The van der Waals surface area contributed by atoms with Gasteiger partial charge in [-0.2, -0.15) is 0 Å². The molecule has 1 aromatic carbocycles. The van der Waals surface area contributed by atoms with E-state index < -0.39 is 0 Å². The zero-order chi connectivity index (χ0) is 11.3. The first-order valence-corrected chi connectivity index (χ1v) is 6.74. The summed E-state index contributed by atoms with van der Waals surface area (Å²) in [7, 11) is 0. The molecule has 3 aliphatic rings. The molecule has 1 aliphatic carbocycles. The van der Waals surface area contributed by atoms with Gasteiger partial charge in [0.05, 0.1) is 6.10 Å². The van der Waals surface area contributed by atoms with Gasteiger partial charge in [0, 0.05) is 12.8 Å². The van der Waals surface area contributed by atoms with E-state index in [1.807, 2.05) is 0 Å². The van der Waals surface area contributed by atoms with Crippen molar-refractivity contribution in [2.24, 2.45) is 5.92 Å². The highest BCUT2D eigenvalue weighted by atomic mass is 16.7. The average molecular weight is 230 g/mol. The molecule has 0 amide bonds. The lowest BCUT2D eigenvalue weighted by Crippen LogP contribution is -2.44. The van der Waals surface area contributed by atoms with E-state index >= 15 is 0 Å². The highest BCUT2D eigenvalue weighted by Gasteiger charge is 2.62. The molecule has 90 valence electrons. The first-order chi connectivity index (χ1) is 8.37. The van der Waals surface area contributed by atoms with Gasteiger partial charge in [0.2, 0.25) is 0 Å². The summed E-state index contributed by atoms with van der Waals surface area (Å²) in [5.74, 6) is 0.759. The predicted molar refractivity (Wildman–Crippen MR) is 64.6 cm³/mol. The van der Waals surface area contributed by atoms with Crippen molar-refractivity contribution in [1.82, 2.24) is 0 Å². The summed E-state index contributed by atoms with van der Waals surface area (Å²) in [5.41, 5.74) is 1.44. The molecule has 1 saturated carbocycles. The van der Waals surface area contributed by atoms with E-state index in [-0.39, 0.29) is 18.0 Å². The van der Waals surface area contributed by atoms with Crippen LogP contribution in [0.1, 0.15) is 31.2 Å². The van der Waals surface area contributed by atoms with Crippen LogP contribution in [-0.2, 0) is 15.9 Å². The summed E-state index contributed by atoms with van der Waals surface area (Å²) in [6.45, 7) is 0. The van der Waals surface area contributed by atoms with Crippen LogP contribution in [0.5, 0.6) is 0 Å². The fourth-order valence-electron chi connectivity index (χ4n) is 4.00. The fourth-order valence-corrected chi connectivity index (χ4v) is 4.00. The Bertz CT molecular complexity index is 416. The van der Waals surface area contributed by atoms with Crippen molar-refractivity contribution in [3.05, 3.63) is 35.9 Å². The number of ether oxygens (including phenoxy) is 2. The van der Waals surface area contributed by atoms with Crippen molar-refractivity contribution in [3.8, 4) is 0 Å². The van der Waals surface area contributed by atoms with Gasteiger partial charge in [-0.25, -0.2) is 0 Å². The molecule has 0 radical (unpaired) electrons. The summed E-state index contributed by atoms with van der Waals surface area (Å²) in [6.07, 6.45) is 6.37. The molecule has 4 unspecified atom stereocenters. The number of hydrogen-bond acceptors (Lipinski definition) is 2. The van der Waals surface area contributed by atoms with E-state index in [4.69, 9.17) is 9.47 Å². The van der Waals surface area contributed by atoms with Gasteiger partial charge in [-0.05, 0) is 24.3 Å². The van der Waals surface area contributed by atoms with Gasteiger partial charge in [-0.3, -0.25) is 0 Å². The molecule has 17 heavy (non-hydrogen) atoms. The third kappa shape index (κ3) is 1.40. The Morgan fingerprint density at radius 2 is 2.12 bits per heavy atom. The predicted octanol–water partition coefficient (Wildman–Crippen LogP) is 2.91. The van der Waals surface area contributed by atoms with Crippen LogP contribution in [0.2, 0.25) is 0 Å². The maximum absolute atomic E-state index is 6.15. The Morgan fingerprint density at radius 1 is 1.24 bits per heavy atom. The molecule has 1 aromatic rings. The van der Waals surface area contributed by atoms with Gasteiger partial charge in [0.1, 0.15) is 5.60 Å². The topological polar surface area (TPSA) is 18.5 Å². The second kappa shape index (κ2) is 3.56. The van der Waals surface area contributed by atoms with Crippen LogP contribution in [0.4, 0.5) is 0 Å². The Kier molecular flexibility index (Phi) is 2.12. The lowest BCUT2D eigenvalue weighted by atomic mass is 9.81. The van der Waals surface area contributed by atoms with Crippen LogP contribution in [0.15, 0.2) is 30.3 Å². The summed E-state index contributed by atoms with van der Waals surface area (Å²) < 4.78 is 12.2. The maximum atomic E-state index is 6.15. The first kappa shape index (κ1) is 10.1. The van der Waals surface area contributed by atoms with Gasteiger partial charge < -0.3 is 9.47 Å². The van der Waals surface area contributed by atoms with E-state index in [9.17, 15) is 0 Å². The summed E-state index contributed by atoms with van der Waals surface area (Å²) in [6, 6.07) is 10.7. The lowest BCUT2D eigenvalue weighted by molar-refractivity contribution is -0.0526. The summed E-state index contributed by atoms with van der Waals surface area (Å²) >= 11 is 0. The number of rotatable bonds is 2. The first-order valence-electron chi connectivity index (χ1n) is 6.74. The van der Waals surface area contributed by atoms with Crippen LogP contribution < -0.4 is 0 Å². The lowest BCUT2D eigenvalue weighted by Gasteiger charge is -2.33. The maximum Gasteiger partial charge on any atom is 0.159 e. The molecule has 0 N–H and O–H groups in total. The van der Waals surface area contributed by atoms with Crippen molar-refractivity contribution < 1.29 is 9.47 Å². The molecule has 1 spiro atoms. The zero-order valence-electron chi connectivity index (χ0n) is 9.97. The van der Waals surface area contributed by atoms with Crippen LogP contribution in [0.25, 0.3) is 0 Å². The molecule has 0 aromatic heterocycles. The smallest absolute Gasteiger partial charge is 0.159 e. The highest BCUT2D eigenvalue weighted by Crippen LogP contribution is 2.56. The third-order valence-electron chi connectivity index (χ3n) is 4.76. The molecule has 2 saturated heterocycles. The van der Waals surface area contributed by atoms with E-state index in [1.54, 1.807) is 0 Å². The van der Waals surface area contributed by atoms with Crippen LogP contribution in [-0.4, -0.2) is 18.0 Å². The molecule has 2 aliphatic heterocycles. The molecule has 2 heterocycles. The zero-order valence-corrected chi connectivity index (χ0v) is 9.97. The Balaban J connectivity index is 1.59. The second-order valence-electron chi connectivity index (χ2n) is 5.64. The van der Waals surface area contributed by atoms with E-state index in [0.29, 0.717) is 0 Å². The van der Waals surface area contributed by atoms with Crippen LogP contribution in [0.3, 0.4) is 0 Å². The molecule has 4 atom stereocenters. The van der Waals surface area contributed by atoms with Gasteiger partial charge in [-0.1, -0.05) is 36.8 Å². The van der Waals surface area contributed by atoms with Gasteiger partial charge >= 0.3 is 0 Å². The van der Waals surface area contributed by atoms with E-state index in [0.717, 1.165) is 18.8 Å². The Morgan fingerprint density at radius 3 is 3.00 bits per heavy atom. The number of hydrogen-bond donors (Lipinski definition) is 0. The Labute approximate surface area is 102 Å². The minimum atomic E-state index is 0.0699. The minimum Gasteiger partial charge on any atom is -0.346 e. The molecule has 2 heteroatoms. The molecule has 2 nitrogen and oxygen atoms in total. The van der Waals surface area contributed by atoms with Gasteiger partial charge in [0.25, 0.3) is 0 Å². The van der Waals surface area contributed by atoms with Crippen molar-refractivity contribution >= 4 is 0 Å². The largest absolute Gasteiger partial charge is 0.346 e. The molecular weight excluding hydrogens is 212 g/mol. The summed E-state index contributed by atoms with van der Waals surface area (Å²) in [5, 5.41) is 0. The standard InChI is InChI=1S/C15H18O2/c1-2-5-11(6-3-1)9-13-15-8-4-7-12(15)10-14(16-13)17-15/h1-3,5-6,12-14H,4,7-10H2. The quantitative estimate of drug-likeness (QED) is 0.777. The van der Waals surface area contributed by atoms with E-state index in [1.165, 1.54) is 24.8 Å². The average Bonchev–Trinajstić information content (AvgIpc) is 2.97. The van der Waals surface area contributed by atoms with Crippen LogP contribution >= 0.6 is 0 Å². The Hall–Kier alpha value is -0.860. The molecular formula is C15H18O2. The number of benzene rings is 1. The number of fused-ring (bicyclic) bond motifs is 1. The van der Waals surface area contributed by atoms with Crippen molar-refractivity contribution in [3.63, 3.8) is 0 Å². The van der Waals surface area contributed by atoms with Gasteiger partial charge in [-0.15, -0.1) is 0 Å². The SMILES string of the molecule is c1ccc(CC2OC3CC4CCCC42O3)cc1. The highest BCUT2D eigenvalue weighted by molar-refractivity contribution is 5.19. The van der Waals surface area contributed by atoms with Crippen LogP contribution in [0, 0.1) is 5.92 Å². The third-order valence-corrected chi connectivity index (χ3v) is 4.76.